The van der Waals surface area contributed by atoms with Gasteiger partial charge in [-0.3, -0.25) is 0 Å². The summed E-state index contributed by atoms with van der Waals surface area (Å²) >= 11 is 2.69. The summed E-state index contributed by atoms with van der Waals surface area (Å²) in [7, 11) is 0. The van der Waals surface area contributed by atoms with Gasteiger partial charge in [0.25, 0.3) is 0 Å². The van der Waals surface area contributed by atoms with E-state index in [0.29, 0.717) is 11.8 Å². The van der Waals surface area contributed by atoms with Crippen molar-refractivity contribution in [3.05, 3.63) is 194 Å². The molecule has 2 unspecified atom stereocenters. The molecule has 10 rings (SSSR count). The molecule has 256 valence electrons. The van der Waals surface area contributed by atoms with Crippen LogP contribution in [0.1, 0.15) is 53.6 Å². The zero-order valence-electron chi connectivity index (χ0n) is 29.2. The fraction of sp³-hybridized carbons (Fsp3) is 0.0833. The first-order valence-electron chi connectivity index (χ1n) is 17.6. The molecule has 2 atom stereocenters. The van der Waals surface area contributed by atoms with E-state index in [4.69, 9.17) is 0 Å². The number of aryl methyl sites for hydroxylation is 2. The van der Waals surface area contributed by atoms with Gasteiger partial charge in [-0.05, 0) is 0 Å². The summed E-state index contributed by atoms with van der Waals surface area (Å²) in [6.45, 7) is 4.50. The number of hydrogen-bond donors (Lipinski definition) is 0. The molecular weight excluding hydrogens is 803 g/mol. The van der Waals surface area contributed by atoms with Crippen molar-refractivity contribution in [3.8, 4) is 22.3 Å². The number of rotatable bonds is 6. The molecule has 6 aromatic carbocycles. The molecule has 0 fully saturated rings. The molecule has 2 aromatic heterocycles. The number of allylic oxidation sites excluding steroid dienone is 2. The molecule has 2 aliphatic carbocycles. The van der Waals surface area contributed by atoms with Crippen LogP contribution in [0.2, 0.25) is 0 Å². The van der Waals surface area contributed by atoms with E-state index >= 15 is 0 Å². The van der Waals surface area contributed by atoms with Gasteiger partial charge in [-0.25, -0.2) is 0 Å². The van der Waals surface area contributed by atoms with Gasteiger partial charge < -0.3 is 24.8 Å². The first-order chi connectivity index (χ1) is 25.1. The summed E-state index contributed by atoms with van der Waals surface area (Å²) in [6, 6.07) is 54.8. The van der Waals surface area contributed by atoms with Crippen molar-refractivity contribution in [1.29, 1.82) is 0 Å². The van der Waals surface area contributed by atoms with Crippen LogP contribution in [0.3, 0.4) is 0 Å². The fourth-order valence-electron chi connectivity index (χ4n) is 8.24. The Kier molecular flexibility index (Phi) is 10.1. The second-order valence-corrected chi connectivity index (χ2v) is 19.9. The van der Waals surface area contributed by atoms with Gasteiger partial charge in [0.2, 0.25) is 0 Å². The number of benzene rings is 6. The van der Waals surface area contributed by atoms with Crippen LogP contribution in [0, 0.1) is 13.8 Å². The molecule has 8 aromatic rings. The molecule has 53 heavy (non-hydrogen) atoms. The summed E-state index contributed by atoms with van der Waals surface area (Å²) in [6.07, 6.45) is 5.24. The minimum Gasteiger partial charge on any atom is -1.00 e. The number of thiophene rings is 2. The minimum absolute atomic E-state index is 0. The van der Waals surface area contributed by atoms with Crippen LogP contribution in [0.4, 0.5) is 0 Å². The van der Waals surface area contributed by atoms with Crippen LogP contribution >= 0.6 is 22.7 Å². The van der Waals surface area contributed by atoms with Crippen LogP contribution < -0.4 is 24.8 Å². The van der Waals surface area contributed by atoms with Crippen LogP contribution in [0.15, 0.2) is 152 Å². The first-order valence-corrected chi connectivity index (χ1v) is 21.7. The summed E-state index contributed by atoms with van der Waals surface area (Å²) in [5.41, 5.74) is 11.1. The Morgan fingerprint density at radius 2 is 0.868 bits per heavy atom. The van der Waals surface area contributed by atoms with Gasteiger partial charge >= 0.3 is 321 Å². The number of fused-ring (bicyclic) bond motifs is 4. The maximum atomic E-state index is 2.62. The smallest absolute Gasteiger partial charge is 1.00 e. The average molecular weight is 837 g/mol. The van der Waals surface area contributed by atoms with E-state index in [9.17, 15) is 0 Å². The van der Waals surface area contributed by atoms with E-state index in [-0.39, 0.29) is 24.8 Å². The third-order valence-corrected chi connectivity index (χ3v) is 16.3. The van der Waals surface area contributed by atoms with Gasteiger partial charge in [-0.15, -0.1) is 0 Å². The Morgan fingerprint density at radius 3 is 1.28 bits per heavy atom. The zero-order chi connectivity index (χ0) is 34.1. The molecule has 0 nitrogen and oxygen atoms in total. The maximum Gasteiger partial charge on any atom is -1.00 e. The maximum absolute atomic E-state index is 2.62. The summed E-state index contributed by atoms with van der Waals surface area (Å²) in [5.74, 6) is 0.641. The molecule has 0 bridgehead atoms. The first kappa shape index (κ1) is 36.2. The largest absolute Gasteiger partial charge is 1.00 e. The van der Waals surface area contributed by atoms with Crippen LogP contribution in [0.5, 0.6) is 0 Å². The van der Waals surface area contributed by atoms with E-state index < -0.39 is 23.2 Å². The van der Waals surface area contributed by atoms with Crippen molar-refractivity contribution >= 4 is 56.4 Å². The summed E-state index contributed by atoms with van der Waals surface area (Å²) in [5, 5.41) is 5.16. The third kappa shape index (κ3) is 6.45. The molecular formula is C48H34Cl2S2Zr. The number of hydrogen-bond acceptors (Lipinski definition) is 2. The molecule has 0 saturated carbocycles. The van der Waals surface area contributed by atoms with Gasteiger partial charge in [0.1, 0.15) is 0 Å². The SMILES string of the molecule is Cc1ccc(C2[C]([Zr+2][C]3=Cc4c(-c5ccc6ccccc6c5)cccc4C3c3ccc(C)s3)=Cc3c(-c4ccc5ccccc5c4)cccc32)s1.[Cl-].[Cl-]. The standard InChI is InChI=1S/2C24H17S.2ClH.Zr/c2*1-16-9-14-24(25-16)23-13-12-22-20(7-4-8-21(22)23)19-11-10-17-5-2-3-6-18(17)15-19;;;/h2*2-12,14-15,23H,1H3;2*1H;/q;;;;+2/p-2. The minimum atomic E-state index is -1.25. The average Bonchev–Trinajstić information content (AvgIpc) is 3.95. The van der Waals surface area contributed by atoms with E-state index in [1.165, 1.54) is 85.6 Å². The van der Waals surface area contributed by atoms with Gasteiger partial charge in [0.05, 0.1) is 0 Å². The fourth-order valence-corrected chi connectivity index (χ4v) is 14.9. The van der Waals surface area contributed by atoms with Gasteiger partial charge in [0, 0.05) is 0 Å². The van der Waals surface area contributed by atoms with Crippen molar-refractivity contribution in [2.45, 2.75) is 25.7 Å². The Balaban J connectivity index is 0.00000200. The molecule has 5 heteroatoms. The van der Waals surface area contributed by atoms with E-state index in [1.54, 1.807) is 6.56 Å². The monoisotopic (exact) mass is 834 g/mol. The van der Waals surface area contributed by atoms with E-state index in [0.717, 1.165) is 0 Å². The molecule has 0 saturated heterocycles. The third-order valence-electron chi connectivity index (χ3n) is 10.6. The van der Waals surface area contributed by atoms with Crippen molar-refractivity contribution in [3.63, 3.8) is 0 Å². The second-order valence-electron chi connectivity index (χ2n) is 13.8. The molecule has 0 aliphatic heterocycles. The second kappa shape index (κ2) is 14.8. The summed E-state index contributed by atoms with van der Waals surface area (Å²) < 4.78 is 3.32. The molecule has 0 spiro atoms. The quantitative estimate of drug-likeness (QED) is 0.160. The Hall–Kier alpha value is -3.82. The zero-order valence-corrected chi connectivity index (χ0v) is 34.8. The van der Waals surface area contributed by atoms with Crippen LogP contribution in [-0.4, -0.2) is 0 Å². The van der Waals surface area contributed by atoms with Crippen molar-refractivity contribution in [2.24, 2.45) is 0 Å². The molecule has 0 amide bonds. The van der Waals surface area contributed by atoms with Crippen molar-refractivity contribution in [2.75, 3.05) is 0 Å². The predicted molar refractivity (Wildman–Crippen MR) is 217 cm³/mol. The summed E-state index contributed by atoms with van der Waals surface area (Å²) in [4.78, 5) is 5.72. The van der Waals surface area contributed by atoms with Crippen LogP contribution in [0.25, 0.3) is 56.0 Å². The molecule has 2 heterocycles. The van der Waals surface area contributed by atoms with E-state index in [2.05, 4.69) is 172 Å². The van der Waals surface area contributed by atoms with Crippen molar-refractivity contribution in [1.82, 2.24) is 0 Å². The molecule has 0 N–H and O–H groups in total. The van der Waals surface area contributed by atoms with Crippen molar-refractivity contribution < 1.29 is 48.0 Å². The normalized spacial score (nSPS) is 15.6. The Morgan fingerprint density at radius 1 is 0.434 bits per heavy atom. The van der Waals surface area contributed by atoms with Crippen LogP contribution in [-0.2, 0) is 23.2 Å². The Labute approximate surface area is 343 Å². The predicted octanol–water partition coefficient (Wildman–Crippen LogP) is 7.83. The van der Waals surface area contributed by atoms with Gasteiger partial charge in [0.15, 0.2) is 0 Å². The molecule has 0 radical (unpaired) electrons. The molecule has 2 aliphatic rings. The Bertz CT molecular complexity index is 2540. The topological polar surface area (TPSA) is 0 Å². The number of halogens is 2. The van der Waals surface area contributed by atoms with Gasteiger partial charge in [-0.2, -0.15) is 0 Å². The van der Waals surface area contributed by atoms with Gasteiger partial charge in [-0.1, -0.05) is 0 Å². The van der Waals surface area contributed by atoms with E-state index in [1.807, 2.05) is 22.7 Å².